The first kappa shape index (κ1) is 16.3. The van der Waals surface area contributed by atoms with Gasteiger partial charge < -0.3 is 9.47 Å². The summed E-state index contributed by atoms with van der Waals surface area (Å²) in [4.78, 5) is 24.2. The first-order valence-electron chi connectivity index (χ1n) is 7.43. The van der Waals surface area contributed by atoms with Gasteiger partial charge in [-0.1, -0.05) is 23.7 Å². The van der Waals surface area contributed by atoms with Gasteiger partial charge in [-0.15, -0.1) is 0 Å². The molecule has 0 aromatic heterocycles. The van der Waals surface area contributed by atoms with Gasteiger partial charge in [0.15, 0.2) is 5.76 Å². The fourth-order valence-corrected chi connectivity index (χ4v) is 2.51. The zero-order valence-corrected chi connectivity index (χ0v) is 14.0. The molecule has 0 N–H and O–H groups in total. The number of fused-ring (bicyclic) bond motifs is 1. The maximum Gasteiger partial charge on any atom is 0.315 e. The average Bonchev–Trinajstić information content (AvgIpc) is 2.86. The number of rotatable bonds is 3. The minimum Gasteiger partial charge on any atom is -0.452 e. The summed E-state index contributed by atoms with van der Waals surface area (Å²) >= 11 is 5.82. The van der Waals surface area contributed by atoms with Crippen LogP contribution in [-0.2, 0) is 11.2 Å². The predicted octanol–water partition coefficient (Wildman–Crippen LogP) is 4.36. The van der Waals surface area contributed by atoms with E-state index in [0.717, 1.165) is 11.1 Å². The van der Waals surface area contributed by atoms with Gasteiger partial charge in [-0.2, -0.15) is 0 Å². The lowest BCUT2D eigenvalue weighted by molar-refractivity contribution is -0.133. The molecule has 2 aromatic rings. The molecular weight excluding hydrogens is 328 g/mol. The number of halogens is 1. The van der Waals surface area contributed by atoms with Crippen LogP contribution < -0.4 is 9.47 Å². The smallest absolute Gasteiger partial charge is 0.315 e. The van der Waals surface area contributed by atoms with Gasteiger partial charge >= 0.3 is 5.97 Å². The zero-order chi connectivity index (χ0) is 17.3. The highest BCUT2D eigenvalue weighted by atomic mass is 35.5. The molecule has 3 rings (SSSR count). The Kier molecular flexibility index (Phi) is 4.40. The monoisotopic (exact) mass is 342 g/mol. The molecular formula is C19H15ClO4. The lowest BCUT2D eigenvalue weighted by atomic mass is 10.1. The van der Waals surface area contributed by atoms with E-state index in [-0.39, 0.29) is 12.2 Å². The van der Waals surface area contributed by atoms with Crippen LogP contribution in [-0.4, -0.2) is 11.8 Å². The highest BCUT2D eigenvalue weighted by molar-refractivity contribution is 6.30. The molecule has 0 amide bonds. The number of hydrogen-bond acceptors (Lipinski definition) is 4. The van der Waals surface area contributed by atoms with E-state index >= 15 is 0 Å². The van der Waals surface area contributed by atoms with E-state index in [1.165, 1.54) is 0 Å². The van der Waals surface area contributed by atoms with Crippen molar-refractivity contribution in [3.63, 3.8) is 0 Å². The molecule has 0 spiro atoms. The van der Waals surface area contributed by atoms with Crippen molar-refractivity contribution in [2.45, 2.75) is 20.3 Å². The number of ketones is 1. The van der Waals surface area contributed by atoms with E-state index in [1.54, 1.807) is 42.5 Å². The van der Waals surface area contributed by atoms with Gasteiger partial charge in [0.05, 0.1) is 12.0 Å². The summed E-state index contributed by atoms with van der Waals surface area (Å²) < 4.78 is 10.9. The molecule has 2 aromatic carbocycles. The number of carbonyl (C=O) groups is 2. The minimum absolute atomic E-state index is 0.132. The standard InChI is InChI=1S/C19H15ClO4/c1-11(2)19-18(22)15-8-7-14(10-16(15)24-19)23-17(21)9-12-3-5-13(20)6-4-12/h3-8,10H,9H2,1-2H3. The molecule has 0 fully saturated rings. The second-order valence-corrected chi connectivity index (χ2v) is 6.13. The summed E-state index contributed by atoms with van der Waals surface area (Å²) in [5.41, 5.74) is 2.09. The van der Waals surface area contributed by atoms with E-state index in [4.69, 9.17) is 21.1 Å². The van der Waals surface area contributed by atoms with Crippen molar-refractivity contribution in [2.24, 2.45) is 0 Å². The first-order chi connectivity index (χ1) is 11.4. The van der Waals surface area contributed by atoms with Crippen LogP contribution in [0.5, 0.6) is 11.5 Å². The van der Waals surface area contributed by atoms with Crippen molar-refractivity contribution >= 4 is 23.4 Å². The fourth-order valence-electron chi connectivity index (χ4n) is 2.38. The molecule has 1 aliphatic heterocycles. The quantitative estimate of drug-likeness (QED) is 0.472. The normalized spacial score (nSPS) is 12.6. The Hall–Kier alpha value is -2.59. The van der Waals surface area contributed by atoms with Gasteiger partial charge in [-0.25, -0.2) is 0 Å². The van der Waals surface area contributed by atoms with E-state index in [9.17, 15) is 9.59 Å². The molecule has 1 aliphatic rings. The second-order valence-electron chi connectivity index (χ2n) is 5.70. The molecule has 0 aliphatic carbocycles. The maximum atomic E-state index is 12.1. The van der Waals surface area contributed by atoms with Crippen molar-refractivity contribution in [3.8, 4) is 11.5 Å². The first-order valence-corrected chi connectivity index (χ1v) is 7.81. The number of hydrogen-bond donors (Lipinski definition) is 0. The Balaban J connectivity index is 1.72. The third-order valence-corrected chi connectivity index (χ3v) is 3.82. The van der Waals surface area contributed by atoms with Crippen molar-refractivity contribution in [1.82, 2.24) is 0 Å². The molecule has 4 nitrogen and oxygen atoms in total. The van der Waals surface area contributed by atoms with E-state index in [0.29, 0.717) is 27.8 Å². The maximum absolute atomic E-state index is 12.1. The van der Waals surface area contributed by atoms with Gasteiger partial charge in [0.25, 0.3) is 0 Å². The average molecular weight is 343 g/mol. The summed E-state index contributed by atoms with van der Waals surface area (Å²) in [6.07, 6.45) is 0.132. The molecule has 1 heterocycles. The van der Waals surface area contributed by atoms with Crippen LogP contribution in [0, 0.1) is 0 Å². The van der Waals surface area contributed by atoms with E-state index in [2.05, 4.69) is 0 Å². The van der Waals surface area contributed by atoms with Crippen LogP contribution in [0.3, 0.4) is 0 Å². The van der Waals surface area contributed by atoms with Gasteiger partial charge in [0, 0.05) is 11.1 Å². The number of Topliss-reactive ketones (excluding diaryl/α,β-unsaturated/α-hetero) is 1. The summed E-state index contributed by atoms with van der Waals surface area (Å²) in [7, 11) is 0. The number of allylic oxidation sites excluding steroid dienone is 2. The zero-order valence-electron chi connectivity index (χ0n) is 13.3. The molecule has 0 saturated carbocycles. The number of esters is 1. The second kappa shape index (κ2) is 6.49. The van der Waals surface area contributed by atoms with Crippen molar-refractivity contribution in [3.05, 3.63) is 69.9 Å². The Morgan fingerprint density at radius 3 is 2.50 bits per heavy atom. The summed E-state index contributed by atoms with van der Waals surface area (Å²) in [6.45, 7) is 3.62. The van der Waals surface area contributed by atoms with Crippen molar-refractivity contribution in [2.75, 3.05) is 0 Å². The molecule has 24 heavy (non-hydrogen) atoms. The SMILES string of the molecule is CC(C)=C1Oc2cc(OC(=O)Cc3ccc(Cl)cc3)ccc2C1=O. The Bertz CT molecular complexity index is 846. The molecule has 0 radical (unpaired) electrons. The predicted molar refractivity (Wildman–Crippen MR) is 90.6 cm³/mol. The molecule has 0 saturated heterocycles. The van der Waals surface area contributed by atoms with Crippen LogP contribution >= 0.6 is 11.6 Å². The largest absolute Gasteiger partial charge is 0.452 e. The van der Waals surface area contributed by atoms with E-state index in [1.807, 2.05) is 13.8 Å². The lowest BCUT2D eigenvalue weighted by Crippen LogP contribution is -2.11. The number of ether oxygens (including phenoxy) is 2. The van der Waals surface area contributed by atoms with Crippen LogP contribution in [0.15, 0.2) is 53.8 Å². The number of carbonyl (C=O) groups excluding carboxylic acids is 2. The highest BCUT2D eigenvalue weighted by Crippen LogP contribution is 2.35. The van der Waals surface area contributed by atoms with Gasteiger partial charge in [-0.3, -0.25) is 9.59 Å². The molecule has 0 atom stereocenters. The fraction of sp³-hybridized carbons (Fsp3) is 0.158. The molecule has 0 bridgehead atoms. The Morgan fingerprint density at radius 2 is 1.83 bits per heavy atom. The molecule has 0 unspecified atom stereocenters. The molecule has 5 heteroatoms. The van der Waals surface area contributed by atoms with Gasteiger partial charge in [-0.05, 0) is 49.2 Å². The topological polar surface area (TPSA) is 52.6 Å². The minimum atomic E-state index is -0.399. The Morgan fingerprint density at radius 1 is 1.12 bits per heavy atom. The lowest BCUT2D eigenvalue weighted by Gasteiger charge is -2.06. The summed E-state index contributed by atoms with van der Waals surface area (Å²) in [5, 5.41) is 0.614. The highest BCUT2D eigenvalue weighted by Gasteiger charge is 2.28. The number of benzene rings is 2. The van der Waals surface area contributed by atoms with Gasteiger partial charge in [0.1, 0.15) is 11.5 Å². The third-order valence-electron chi connectivity index (χ3n) is 3.56. The van der Waals surface area contributed by atoms with Crippen LogP contribution in [0.25, 0.3) is 0 Å². The van der Waals surface area contributed by atoms with Crippen molar-refractivity contribution in [1.29, 1.82) is 0 Å². The van der Waals surface area contributed by atoms with Crippen LogP contribution in [0.1, 0.15) is 29.8 Å². The summed E-state index contributed by atoms with van der Waals surface area (Å²) in [6, 6.07) is 11.7. The third kappa shape index (κ3) is 3.34. The summed E-state index contributed by atoms with van der Waals surface area (Å²) in [5.74, 6) is 0.534. The van der Waals surface area contributed by atoms with Crippen LogP contribution in [0.4, 0.5) is 0 Å². The molecule has 122 valence electrons. The van der Waals surface area contributed by atoms with Crippen LogP contribution in [0.2, 0.25) is 5.02 Å². The van der Waals surface area contributed by atoms with E-state index < -0.39 is 5.97 Å². The van der Waals surface area contributed by atoms with Crippen molar-refractivity contribution < 1.29 is 19.1 Å². The van der Waals surface area contributed by atoms with Gasteiger partial charge in [0.2, 0.25) is 5.78 Å². The Labute approximate surface area is 144 Å².